The van der Waals surface area contributed by atoms with E-state index in [4.69, 9.17) is 0 Å². The van der Waals surface area contributed by atoms with Crippen molar-refractivity contribution in [3.05, 3.63) is 92.3 Å². The Hall–Kier alpha value is -3.66. The second kappa shape index (κ2) is 8.57. The van der Waals surface area contributed by atoms with E-state index in [1.807, 2.05) is 18.2 Å². The lowest BCUT2D eigenvalue weighted by Crippen LogP contribution is -2.03. The number of phenolic OH excluding ortho intramolecular Hbond substituents is 1. The third-order valence-electron chi connectivity index (χ3n) is 3.98. The van der Waals surface area contributed by atoms with Crippen LogP contribution in [0.1, 0.15) is 5.56 Å². The van der Waals surface area contributed by atoms with Gasteiger partial charge in [0.1, 0.15) is 0 Å². The van der Waals surface area contributed by atoms with Crippen LogP contribution in [-0.4, -0.2) is 15.0 Å². The number of anilines is 1. The Morgan fingerprint density at radius 1 is 0.966 bits per heavy atom. The Morgan fingerprint density at radius 2 is 1.62 bits per heavy atom. The molecule has 0 bridgehead atoms. The molecule has 2 N–H and O–H groups in total. The summed E-state index contributed by atoms with van der Waals surface area (Å²) >= 11 is 1.38. The molecule has 0 radical (unpaired) electrons. The first-order valence-electron chi connectivity index (χ1n) is 8.26. The molecule has 3 aromatic rings. The lowest BCUT2D eigenvalue weighted by Gasteiger charge is -2.12. The van der Waals surface area contributed by atoms with Gasteiger partial charge in [-0.15, -0.1) is 0 Å². The first-order chi connectivity index (χ1) is 13.8. The van der Waals surface area contributed by atoms with Gasteiger partial charge in [-0.3, -0.25) is 20.2 Å². The van der Waals surface area contributed by atoms with Crippen molar-refractivity contribution in [1.29, 1.82) is 0 Å². The number of benzene rings is 3. The van der Waals surface area contributed by atoms with E-state index in [0.29, 0.717) is 6.07 Å². The number of aromatic hydroxyl groups is 1. The number of nitro benzene ring substituents is 2. The maximum absolute atomic E-state index is 13.7. The van der Waals surface area contributed by atoms with Crippen molar-refractivity contribution in [2.75, 3.05) is 5.32 Å². The summed E-state index contributed by atoms with van der Waals surface area (Å²) in [4.78, 5) is 22.1. The predicted octanol–water partition coefficient (Wildman–Crippen LogP) is 5.11. The lowest BCUT2D eigenvalue weighted by atomic mass is 10.2. The predicted molar refractivity (Wildman–Crippen MR) is 106 cm³/mol. The van der Waals surface area contributed by atoms with Crippen molar-refractivity contribution in [2.45, 2.75) is 16.3 Å². The maximum Gasteiger partial charge on any atom is 0.274 e. The molecule has 148 valence electrons. The van der Waals surface area contributed by atoms with Gasteiger partial charge in [0.15, 0.2) is 11.6 Å². The summed E-state index contributed by atoms with van der Waals surface area (Å²) in [6, 6.07) is 15.1. The smallest absolute Gasteiger partial charge is 0.274 e. The summed E-state index contributed by atoms with van der Waals surface area (Å²) in [6.07, 6.45) is 0. The average Bonchev–Trinajstić information content (AvgIpc) is 2.70. The highest BCUT2D eigenvalue weighted by atomic mass is 32.2. The third kappa shape index (κ3) is 4.79. The zero-order chi connectivity index (χ0) is 21.0. The van der Waals surface area contributed by atoms with Gasteiger partial charge in [-0.1, -0.05) is 30.0 Å². The first kappa shape index (κ1) is 20.1. The van der Waals surface area contributed by atoms with E-state index >= 15 is 0 Å². The molecule has 3 rings (SSSR count). The summed E-state index contributed by atoms with van der Waals surface area (Å²) in [6.45, 7) is 0.171. The van der Waals surface area contributed by atoms with Crippen LogP contribution in [0.2, 0.25) is 0 Å². The Morgan fingerprint density at radius 3 is 2.28 bits per heavy atom. The normalized spacial score (nSPS) is 10.5. The Kier molecular flexibility index (Phi) is 5.93. The Bertz CT molecular complexity index is 1080. The monoisotopic (exact) mass is 415 g/mol. The molecule has 0 saturated heterocycles. The van der Waals surface area contributed by atoms with Crippen molar-refractivity contribution in [2.24, 2.45) is 0 Å². The summed E-state index contributed by atoms with van der Waals surface area (Å²) in [7, 11) is 0. The number of hydrogen-bond acceptors (Lipinski definition) is 7. The van der Waals surface area contributed by atoms with E-state index in [2.05, 4.69) is 5.32 Å². The lowest BCUT2D eigenvalue weighted by molar-refractivity contribution is -0.385. The summed E-state index contributed by atoms with van der Waals surface area (Å²) in [5.41, 5.74) is 0.220. The molecule has 0 unspecified atom stereocenters. The van der Waals surface area contributed by atoms with Gasteiger partial charge < -0.3 is 10.4 Å². The van der Waals surface area contributed by atoms with Crippen molar-refractivity contribution in [3.63, 3.8) is 0 Å². The van der Waals surface area contributed by atoms with Crippen LogP contribution in [0.25, 0.3) is 0 Å². The number of rotatable bonds is 7. The molecule has 0 aromatic heterocycles. The van der Waals surface area contributed by atoms with Gasteiger partial charge in [0.2, 0.25) is 0 Å². The quantitative estimate of drug-likeness (QED) is 0.313. The Labute approximate surface area is 168 Å². The fourth-order valence-electron chi connectivity index (χ4n) is 2.53. The SMILES string of the molecule is O=[N+]([O-])c1ccc(Sc2ccccc2CNc2cc([N+](=O)[O-])cc(F)c2O)cc1. The molecular formula is C19H14FN3O5S. The minimum atomic E-state index is -1.09. The molecule has 3 aromatic carbocycles. The van der Waals surface area contributed by atoms with Crippen LogP contribution in [0, 0.1) is 26.0 Å². The largest absolute Gasteiger partial charge is 0.503 e. The fraction of sp³-hybridized carbons (Fsp3) is 0.0526. The van der Waals surface area contributed by atoms with Crippen LogP contribution in [0.15, 0.2) is 70.5 Å². The van der Waals surface area contributed by atoms with Crippen LogP contribution in [-0.2, 0) is 6.54 Å². The molecule has 0 aliphatic rings. The molecule has 0 atom stereocenters. The minimum Gasteiger partial charge on any atom is -0.503 e. The number of phenols is 1. The van der Waals surface area contributed by atoms with E-state index in [0.717, 1.165) is 21.4 Å². The van der Waals surface area contributed by atoms with E-state index in [9.17, 15) is 29.7 Å². The van der Waals surface area contributed by atoms with E-state index in [1.165, 1.54) is 23.9 Å². The molecule has 29 heavy (non-hydrogen) atoms. The molecule has 0 aliphatic heterocycles. The van der Waals surface area contributed by atoms with Crippen LogP contribution in [0.3, 0.4) is 0 Å². The summed E-state index contributed by atoms with van der Waals surface area (Å²) in [5, 5.41) is 34.3. The molecule has 8 nitrogen and oxygen atoms in total. The standard InChI is InChI=1S/C19H14FN3O5S/c20-16-9-14(23(27)28)10-17(19(16)24)21-11-12-3-1-2-4-18(12)29-15-7-5-13(6-8-15)22(25)26/h1-10,21,24H,11H2. The number of nitro groups is 2. The zero-order valence-electron chi connectivity index (χ0n) is 14.7. The van der Waals surface area contributed by atoms with Gasteiger partial charge in [0.25, 0.3) is 11.4 Å². The first-order valence-corrected chi connectivity index (χ1v) is 9.08. The molecule has 0 spiro atoms. The number of hydrogen-bond donors (Lipinski definition) is 2. The van der Waals surface area contributed by atoms with Crippen LogP contribution < -0.4 is 5.32 Å². The molecular weight excluding hydrogens is 401 g/mol. The van der Waals surface area contributed by atoms with Gasteiger partial charge in [-0.2, -0.15) is 0 Å². The van der Waals surface area contributed by atoms with Crippen LogP contribution in [0.4, 0.5) is 21.5 Å². The third-order valence-corrected chi connectivity index (χ3v) is 5.10. The van der Waals surface area contributed by atoms with Gasteiger partial charge in [0.05, 0.1) is 21.6 Å². The highest BCUT2D eigenvalue weighted by Crippen LogP contribution is 2.34. The summed E-state index contributed by atoms with van der Waals surface area (Å²) < 4.78 is 13.7. The van der Waals surface area contributed by atoms with Gasteiger partial charge in [0, 0.05) is 34.5 Å². The zero-order valence-corrected chi connectivity index (χ0v) is 15.6. The molecule has 0 saturated carbocycles. The highest BCUT2D eigenvalue weighted by Gasteiger charge is 2.16. The van der Waals surface area contributed by atoms with E-state index < -0.39 is 27.1 Å². The van der Waals surface area contributed by atoms with Crippen molar-refractivity contribution < 1.29 is 19.3 Å². The minimum absolute atomic E-state index is 0.00697. The summed E-state index contributed by atoms with van der Waals surface area (Å²) in [5.74, 6) is -1.79. The number of halogens is 1. The van der Waals surface area contributed by atoms with Crippen LogP contribution >= 0.6 is 11.8 Å². The van der Waals surface area contributed by atoms with E-state index in [1.54, 1.807) is 18.2 Å². The van der Waals surface area contributed by atoms with Crippen molar-refractivity contribution >= 4 is 28.8 Å². The second-order valence-electron chi connectivity index (χ2n) is 5.90. The number of nitrogens with zero attached hydrogens (tertiary/aromatic N) is 2. The fourth-order valence-corrected chi connectivity index (χ4v) is 3.47. The van der Waals surface area contributed by atoms with Crippen LogP contribution in [0.5, 0.6) is 5.75 Å². The topological polar surface area (TPSA) is 119 Å². The molecule has 0 heterocycles. The van der Waals surface area contributed by atoms with Crippen molar-refractivity contribution in [1.82, 2.24) is 0 Å². The van der Waals surface area contributed by atoms with Gasteiger partial charge >= 0.3 is 0 Å². The molecule has 10 heteroatoms. The number of nitrogens with one attached hydrogen (secondary N) is 1. The highest BCUT2D eigenvalue weighted by molar-refractivity contribution is 7.99. The second-order valence-corrected chi connectivity index (χ2v) is 7.01. The molecule has 0 fully saturated rings. The van der Waals surface area contributed by atoms with Gasteiger partial charge in [-0.05, 0) is 23.8 Å². The van der Waals surface area contributed by atoms with E-state index in [-0.39, 0.29) is 17.9 Å². The van der Waals surface area contributed by atoms with Crippen molar-refractivity contribution in [3.8, 4) is 5.75 Å². The average molecular weight is 415 g/mol. The Balaban J connectivity index is 1.80. The molecule has 0 aliphatic carbocycles. The number of non-ortho nitro benzene ring substituents is 2. The molecule has 0 amide bonds. The maximum atomic E-state index is 13.7. The van der Waals surface area contributed by atoms with Gasteiger partial charge in [-0.25, -0.2) is 4.39 Å².